The van der Waals surface area contributed by atoms with Gasteiger partial charge in [0, 0.05) is 12.4 Å². The van der Waals surface area contributed by atoms with E-state index in [4.69, 9.17) is 9.31 Å². The minimum atomic E-state index is -1.09. The molecule has 0 radical (unpaired) electrons. The van der Waals surface area contributed by atoms with E-state index in [0.29, 0.717) is 11.2 Å². The molecule has 2 aromatic heterocycles. The monoisotopic (exact) mass is 273 g/mol. The lowest BCUT2D eigenvalue weighted by molar-refractivity contribution is -0.145. The zero-order valence-electron chi connectivity index (χ0n) is 10.9. The van der Waals surface area contributed by atoms with Crippen LogP contribution in [-0.2, 0) is 18.9 Å². The van der Waals surface area contributed by atoms with E-state index in [0.717, 1.165) is 0 Å². The Hall–Kier alpha value is -2.35. The Morgan fingerprint density at radius 1 is 1.20 bits per heavy atom. The maximum Gasteiger partial charge on any atom is 0.657 e. The van der Waals surface area contributed by atoms with Gasteiger partial charge in [-0.1, -0.05) is 6.07 Å². The van der Waals surface area contributed by atoms with Crippen LogP contribution >= 0.6 is 0 Å². The summed E-state index contributed by atoms with van der Waals surface area (Å²) >= 11 is 0. The number of hydrogen-bond donors (Lipinski definition) is 0. The molecule has 1 saturated heterocycles. The molecule has 1 fully saturated rings. The lowest BCUT2D eigenvalue weighted by Gasteiger charge is -2.21. The van der Waals surface area contributed by atoms with Crippen molar-refractivity contribution in [2.75, 3.05) is 20.1 Å². The van der Waals surface area contributed by atoms with Gasteiger partial charge >= 0.3 is 19.1 Å². The topological polar surface area (TPSA) is 73.1 Å². The molecule has 1 aliphatic heterocycles. The predicted molar refractivity (Wildman–Crippen MR) is 70.3 cm³/mol. The Morgan fingerprint density at radius 3 is 2.55 bits per heavy atom. The molecule has 0 unspecified atom stereocenters. The first kappa shape index (κ1) is 12.7. The molecule has 1 aliphatic rings. The van der Waals surface area contributed by atoms with Gasteiger partial charge in [0.2, 0.25) is 0 Å². The van der Waals surface area contributed by atoms with Crippen LogP contribution in [0.4, 0.5) is 0 Å². The minimum Gasteiger partial charge on any atom is -0.493 e. The van der Waals surface area contributed by atoms with Crippen LogP contribution in [0.25, 0.3) is 5.65 Å². The number of likely N-dealkylation sites (N-methyl/N-ethyl adjacent to an activating group) is 1. The number of fused-ring (bicyclic) bond motifs is 1. The fraction of sp³-hybridized carbons (Fsp3) is 0.250. The molecule has 0 N–H and O–H groups in total. The van der Waals surface area contributed by atoms with E-state index >= 15 is 0 Å². The molecule has 8 heteroatoms. The highest BCUT2D eigenvalue weighted by Crippen LogP contribution is 2.03. The van der Waals surface area contributed by atoms with Crippen LogP contribution in [-0.4, -0.2) is 53.5 Å². The van der Waals surface area contributed by atoms with Crippen LogP contribution in [0.1, 0.15) is 0 Å². The van der Waals surface area contributed by atoms with Crippen LogP contribution < -0.4 is 5.59 Å². The van der Waals surface area contributed by atoms with E-state index in [2.05, 4.69) is 4.98 Å². The van der Waals surface area contributed by atoms with Crippen LogP contribution in [0.3, 0.4) is 0 Å². The van der Waals surface area contributed by atoms with E-state index in [-0.39, 0.29) is 13.1 Å². The van der Waals surface area contributed by atoms with E-state index in [9.17, 15) is 9.59 Å². The van der Waals surface area contributed by atoms with Crippen molar-refractivity contribution in [1.29, 1.82) is 0 Å². The molecule has 2 aromatic rings. The fourth-order valence-electron chi connectivity index (χ4n) is 2.02. The lowest BCUT2D eigenvalue weighted by atomic mass is 9.85. The van der Waals surface area contributed by atoms with Crippen LogP contribution in [0, 0.1) is 0 Å². The number of aromatic nitrogens is 2. The summed E-state index contributed by atoms with van der Waals surface area (Å²) in [5.74, 6) is -0.913. The van der Waals surface area contributed by atoms with Gasteiger partial charge in [-0.15, -0.1) is 0 Å². The molecule has 0 aliphatic carbocycles. The third-order valence-electron chi connectivity index (χ3n) is 2.90. The first-order chi connectivity index (χ1) is 9.61. The molecular weight excluding hydrogens is 261 g/mol. The zero-order valence-corrected chi connectivity index (χ0v) is 10.9. The van der Waals surface area contributed by atoms with E-state index in [1.807, 2.05) is 24.4 Å². The molecule has 102 valence electrons. The van der Waals surface area contributed by atoms with E-state index in [1.165, 1.54) is 4.90 Å². The largest absolute Gasteiger partial charge is 0.657 e. The van der Waals surface area contributed by atoms with Gasteiger partial charge in [-0.05, 0) is 19.2 Å². The highest BCUT2D eigenvalue weighted by atomic mass is 16.6. The SMILES string of the molecule is CN1CC(=O)OB(c2cn3ccccc3n2)OC(=O)C1. The second-order valence-electron chi connectivity index (χ2n) is 4.62. The number of nitrogens with zero attached hydrogens (tertiary/aromatic N) is 3. The van der Waals surface area contributed by atoms with Crippen molar-refractivity contribution >= 4 is 30.3 Å². The number of pyridine rings is 1. The lowest BCUT2D eigenvalue weighted by Crippen LogP contribution is -2.48. The fourth-order valence-corrected chi connectivity index (χ4v) is 2.02. The summed E-state index contributed by atoms with van der Waals surface area (Å²) in [6.07, 6.45) is 3.48. The first-order valence-corrected chi connectivity index (χ1v) is 6.13. The molecule has 0 bridgehead atoms. The maximum atomic E-state index is 11.7. The third-order valence-corrected chi connectivity index (χ3v) is 2.90. The van der Waals surface area contributed by atoms with Crippen molar-refractivity contribution in [1.82, 2.24) is 14.3 Å². The summed E-state index contributed by atoms with van der Waals surface area (Å²) in [6.45, 7) is 0.0813. The van der Waals surface area contributed by atoms with E-state index < -0.39 is 19.1 Å². The summed E-state index contributed by atoms with van der Waals surface area (Å²) in [5.41, 5.74) is 1.08. The third kappa shape index (κ3) is 2.50. The molecule has 0 amide bonds. The first-order valence-electron chi connectivity index (χ1n) is 6.13. The number of carbonyl (C=O) groups is 2. The molecule has 0 spiro atoms. The Balaban J connectivity index is 1.90. The van der Waals surface area contributed by atoms with Gasteiger partial charge in [-0.25, -0.2) is 4.98 Å². The second kappa shape index (κ2) is 4.97. The molecule has 3 heterocycles. The van der Waals surface area contributed by atoms with Crippen molar-refractivity contribution in [3.63, 3.8) is 0 Å². The van der Waals surface area contributed by atoms with Gasteiger partial charge in [0.15, 0.2) is 0 Å². The molecule has 0 saturated carbocycles. The molecular formula is C12H12BN3O4. The summed E-state index contributed by atoms with van der Waals surface area (Å²) in [6, 6.07) is 5.50. The summed E-state index contributed by atoms with van der Waals surface area (Å²) < 4.78 is 12.1. The van der Waals surface area contributed by atoms with Gasteiger partial charge < -0.3 is 13.7 Å². The highest BCUT2D eigenvalue weighted by Gasteiger charge is 2.36. The van der Waals surface area contributed by atoms with Gasteiger partial charge in [-0.3, -0.25) is 14.5 Å². The van der Waals surface area contributed by atoms with Crippen LogP contribution in [0.15, 0.2) is 30.6 Å². The normalized spacial score (nSPS) is 17.6. The van der Waals surface area contributed by atoms with Crippen molar-refractivity contribution in [3.05, 3.63) is 30.6 Å². The van der Waals surface area contributed by atoms with Gasteiger partial charge in [0.25, 0.3) is 0 Å². The maximum absolute atomic E-state index is 11.7. The van der Waals surface area contributed by atoms with Crippen molar-refractivity contribution in [2.45, 2.75) is 0 Å². The summed E-state index contributed by atoms with van der Waals surface area (Å²) in [5, 5.41) is 0. The molecule has 3 rings (SSSR count). The standard InChI is InChI=1S/C12H12BN3O4/c1-15-7-11(17)19-13(20-12(18)8-15)9-6-16-5-3-2-4-10(16)14-9/h2-6H,7-8H2,1H3. The smallest absolute Gasteiger partial charge is 0.493 e. The quantitative estimate of drug-likeness (QED) is 0.624. The van der Waals surface area contributed by atoms with Crippen molar-refractivity contribution in [2.24, 2.45) is 0 Å². The summed E-state index contributed by atoms with van der Waals surface area (Å²) in [4.78, 5) is 29.1. The highest BCUT2D eigenvalue weighted by molar-refractivity contribution is 6.63. The van der Waals surface area contributed by atoms with Gasteiger partial charge in [0.1, 0.15) is 11.2 Å². The molecule has 0 atom stereocenters. The zero-order chi connectivity index (χ0) is 14.1. The van der Waals surface area contributed by atoms with E-state index in [1.54, 1.807) is 17.6 Å². The van der Waals surface area contributed by atoms with Crippen LogP contribution in [0.5, 0.6) is 0 Å². The average molecular weight is 273 g/mol. The second-order valence-corrected chi connectivity index (χ2v) is 4.62. The van der Waals surface area contributed by atoms with Crippen LogP contribution in [0.2, 0.25) is 0 Å². The minimum absolute atomic E-state index is 0.0406. The number of carbonyl (C=O) groups excluding carboxylic acids is 2. The van der Waals surface area contributed by atoms with Crippen molar-refractivity contribution in [3.8, 4) is 0 Å². The van der Waals surface area contributed by atoms with Crippen molar-refractivity contribution < 1.29 is 18.9 Å². The molecule has 20 heavy (non-hydrogen) atoms. The predicted octanol–water partition coefficient (Wildman–Crippen LogP) is -0.939. The summed E-state index contributed by atoms with van der Waals surface area (Å²) in [7, 11) is 0.553. The molecule has 0 aromatic carbocycles. The average Bonchev–Trinajstić information content (AvgIpc) is 2.79. The van der Waals surface area contributed by atoms with Gasteiger partial charge in [-0.2, -0.15) is 0 Å². The number of rotatable bonds is 1. The number of imidazole rings is 1. The Kier molecular flexibility index (Phi) is 3.15. The Morgan fingerprint density at radius 2 is 1.90 bits per heavy atom. The van der Waals surface area contributed by atoms with Gasteiger partial charge in [0.05, 0.1) is 13.1 Å². The molecule has 7 nitrogen and oxygen atoms in total. The Labute approximate surface area is 115 Å². The Bertz CT molecular complexity index is 619. The number of hydrogen-bond acceptors (Lipinski definition) is 6.